The van der Waals surface area contributed by atoms with E-state index in [0.29, 0.717) is 18.1 Å². The van der Waals surface area contributed by atoms with Crippen LogP contribution in [0.2, 0.25) is 0 Å². The van der Waals surface area contributed by atoms with Crippen LogP contribution in [-0.2, 0) is 6.42 Å². The van der Waals surface area contributed by atoms with Gasteiger partial charge in [-0.05, 0) is 32.6 Å². The van der Waals surface area contributed by atoms with Crippen LogP contribution >= 0.6 is 24.0 Å². The van der Waals surface area contributed by atoms with Crippen LogP contribution in [0.3, 0.4) is 0 Å². The third kappa shape index (κ3) is 7.99. The smallest absolute Gasteiger partial charge is 0.228 e. The minimum atomic E-state index is 0. The SMILES string of the molecule is CCNC(=NCCCC1CCCC1)NCCc1nc(C)no1.I. The first-order valence-corrected chi connectivity index (χ1v) is 8.59. The predicted molar refractivity (Wildman–Crippen MR) is 103 cm³/mol. The Bertz CT molecular complexity index is 457. The molecule has 0 amide bonds. The summed E-state index contributed by atoms with van der Waals surface area (Å²) in [7, 11) is 0. The van der Waals surface area contributed by atoms with Crippen LogP contribution in [0, 0.1) is 12.8 Å². The van der Waals surface area contributed by atoms with E-state index in [0.717, 1.165) is 31.5 Å². The third-order valence-corrected chi connectivity index (χ3v) is 4.06. The summed E-state index contributed by atoms with van der Waals surface area (Å²) in [4.78, 5) is 8.83. The Morgan fingerprint density at radius 1 is 1.30 bits per heavy atom. The summed E-state index contributed by atoms with van der Waals surface area (Å²) >= 11 is 0. The van der Waals surface area contributed by atoms with Crippen molar-refractivity contribution in [3.8, 4) is 0 Å². The number of aromatic nitrogens is 2. The fourth-order valence-corrected chi connectivity index (χ4v) is 2.94. The zero-order valence-corrected chi connectivity index (χ0v) is 16.6. The number of aliphatic imine (C=N–C) groups is 1. The van der Waals surface area contributed by atoms with Gasteiger partial charge in [0.25, 0.3) is 0 Å². The Balaban J connectivity index is 0.00000264. The lowest BCUT2D eigenvalue weighted by atomic mass is 10.0. The van der Waals surface area contributed by atoms with Gasteiger partial charge in [-0.1, -0.05) is 30.8 Å². The van der Waals surface area contributed by atoms with Crippen molar-refractivity contribution in [3.05, 3.63) is 11.7 Å². The van der Waals surface area contributed by atoms with Gasteiger partial charge in [0.2, 0.25) is 5.89 Å². The van der Waals surface area contributed by atoms with Gasteiger partial charge in [0.15, 0.2) is 11.8 Å². The molecule has 23 heavy (non-hydrogen) atoms. The van der Waals surface area contributed by atoms with Gasteiger partial charge in [-0.2, -0.15) is 4.98 Å². The lowest BCUT2D eigenvalue weighted by Gasteiger charge is -2.11. The third-order valence-electron chi connectivity index (χ3n) is 4.06. The summed E-state index contributed by atoms with van der Waals surface area (Å²) < 4.78 is 5.10. The molecule has 0 atom stereocenters. The Morgan fingerprint density at radius 3 is 2.74 bits per heavy atom. The van der Waals surface area contributed by atoms with Gasteiger partial charge in [-0.15, -0.1) is 24.0 Å². The molecule has 2 rings (SSSR count). The van der Waals surface area contributed by atoms with Crippen molar-refractivity contribution in [1.82, 2.24) is 20.8 Å². The number of rotatable bonds is 8. The maximum absolute atomic E-state index is 5.10. The first-order valence-electron chi connectivity index (χ1n) is 8.59. The maximum Gasteiger partial charge on any atom is 0.228 e. The molecular formula is C16H30IN5O. The second-order valence-electron chi connectivity index (χ2n) is 5.97. The number of aryl methyl sites for hydroxylation is 1. The molecule has 0 radical (unpaired) electrons. The van der Waals surface area contributed by atoms with Crippen molar-refractivity contribution in [2.75, 3.05) is 19.6 Å². The Kier molecular flexibility index (Phi) is 10.2. The molecule has 1 saturated carbocycles. The molecule has 0 spiro atoms. The van der Waals surface area contributed by atoms with E-state index in [2.05, 4.69) is 32.7 Å². The molecule has 6 nitrogen and oxygen atoms in total. The second kappa shape index (κ2) is 11.6. The lowest BCUT2D eigenvalue weighted by molar-refractivity contribution is 0.374. The van der Waals surface area contributed by atoms with Crippen molar-refractivity contribution in [3.63, 3.8) is 0 Å². The molecule has 0 unspecified atom stereocenters. The van der Waals surface area contributed by atoms with Crippen LogP contribution in [0.1, 0.15) is 57.2 Å². The minimum absolute atomic E-state index is 0. The number of nitrogens with zero attached hydrogens (tertiary/aromatic N) is 3. The highest BCUT2D eigenvalue weighted by Gasteiger charge is 2.13. The summed E-state index contributed by atoms with van der Waals surface area (Å²) in [5.41, 5.74) is 0. The number of guanidine groups is 1. The van der Waals surface area contributed by atoms with E-state index < -0.39 is 0 Å². The molecule has 132 valence electrons. The van der Waals surface area contributed by atoms with Crippen molar-refractivity contribution in [1.29, 1.82) is 0 Å². The molecule has 0 saturated heterocycles. The van der Waals surface area contributed by atoms with E-state index in [1.807, 2.05) is 6.92 Å². The van der Waals surface area contributed by atoms with E-state index in [1.54, 1.807) is 0 Å². The molecule has 0 bridgehead atoms. The zero-order valence-electron chi connectivity index (χ0n) is 14.3. The fourth-order valence-electron chi connectivity index (χ4n) is 2.94. The van der Waals surface area contributed by atoms with Gasteiger partial charge in [0.1, 0.15) is 0 Å². The van der Waals surface area contributed by atoms with Crippen LogP contribution < -0.4 is 10.6 Å². The molecule has 1 aromatic heterocycles. The molecule has 1 heterocycles. The van der Waals surface area contributed by atoms with E-state index in [4.69, 9.17) is 4.52 Å². The molecule has 7 heteroatoms. The van der Waals surface area contributed by atoms with Gasteiger partial charge < -0.3 is 15.2 Å². The van der Waals surface area contributed by atoms with E-state index in [-0.39, 0.29) is 24.0 Å². The molecule has 1 aliphatic carbocycles. The summed E-state index contributed by atoms with van der Waals surface area (Å²) in [6, 6.07) is 0. The highest BCUT2D eigenvalue weighted by Crippen LogP contribution is 2.28. The largest absolute Gasteiger partial charge is 0.357 e. The average molecular weight is 435 g/mol. The number of halogens is 1. The van der Waals surface area contributed by atoms with Crippen LogP contribution in [0.4, 0.5) is 0 Å². The number of hydrogen-bond acceptors (Lipinski definition) is 4. The molecule has 0 aromatic carbocycles. The van der Waals surface area contributed by atoms with Crippen LogP contribution in [0.5, 0.6) is 0 Å². The van der Waals surface area contributed by atoms with Gasteiger partial charge in [-0.25, -0.2) is 0 Å². The Labute approximate surface area is 156 Å². The van der Waals surface area contributed by atoms with Crippen molar-refractivity contribution in [2.45, 2.75) is 58.8 Å². The maximum atomic E-state index is 5.10. The quantitative estimate of drug-likeness (QED) is 0.284. The normalized spacial score (nSPS) is 15.5. The Hall–Kier alpha value is -0.860. The molecule has 0 aliphatic heterocycles. The lowest BCUT2D eigenvalue weighted by Crippen LogP contribution is -2.38. The van der Waals surface area contributed by atoms with Crippen molar-refractivity contribution < 1.29 is 4.52 Å². The van der Waals surface area contributed by atoms with Crippen LogP contribution in [0.25, 0.3) is 0 Å². The first-order chi connectivity index (χ1) is 10.8. The molecule has 1 aliphatic rings. The molecule has 2 N–H and O–H groups in total. The summed E-state index contributed by atoms with van der Waals surface area (Å²) in [5, 5.41) is 10.4. The second-order valence-corrected chi connectivity index (χ2v) is 5.97. The van der Waals surface area contributed by atoms with Gasteiger partial charge >= 0.3 is 0 Å². The van der Waals surface area contributed by atoms with Gasteiger partial charge in [-0.3, -0.25) is 4.99 Å². The van der Waals surface area contributed by atoms with E-state index in [9.17, 15) is 0 Å². The van der Waals surface area contributed by atoms with Gasteiger partial charge in [0, 0.05) is 26.1 Å². The predicted octanol–water partition coefficient (Wildman–Crippen LogP) is 3.06. The average Bonchev–Trinajstić information content (AvgIpc) is 3.15. The standard InChI is InChI=1S/C16H29N5O.HI/c1-3-17-16(18-11-6-9-14-7-4-5-8-14)19-12-10-15-20-13(2)21-22-15;/h14H,3-12H2,1-2H3,(H2,17,18,19);1H. The molecular weight excluding hydrogens is 405 g/mol. The fraction of sp³-hybridized carbons (Fsp3) is 0.812. The first kappa shape index (κ1) is 20.2. The van der Waals surface area contributed by atoms with Crippen LogP contribution in [-0.4, -0.2) is 35.7 Å². The summed E-state index contributed by atoms with van der Waals surface area (Å²) in [6.07, 6.45) is 8.92. The summed E-state index contributed by atoms with van der Waals surface area (Å²) in [6.45, 7) is 6.42. The van der Waals surface area contributed by atoms with E-state index in [1.165, 1.54) is 38.5 Å². The Morgan fingerprint density at radius 2 is 2.09 bits per heavy atom. The monoisotopic (exact) mass is 435 g/mol. The number of hydrogen-bond donors (Lipinski definition) is 2. The molecule has 1 fully saturated rings. The van der Waals surface area contributed by atoms with Crippen molar-refractivity contribution in [2.24, 2.45) is 10.9 Å². The zero-order chi connectivity index (χ0) is 15.6. The molecule has 1 aromatic rings. The van der Waals surface area contributed by atoms with Crippen molar-refractivity contribution >= 4 is 29.9 Å². The number of nitrogens with one attached hydrogen (secondary N) is 2. The van der Waals surface area contributed by atoms with Crippen LogP contribution in [0.15, 0.2) is 9.52 Å². The highest BCUT2D eigenvalue weighted by atomic mass is 127. The minimum Gasteiger partial charge on any atom is -0.357 e. The van der Waals surface area contributed by atoms with E-state index >= 15 is 0 Å². The topological polar surface area (TPSA) is 75.3 Å². The van der Waals surface area contributed by atoms with Gasteiger partial charge in [0.05, 0.1) is 0 Å². The highest BCUT2D eigenvalue weighted by molar-refractivity contribution is 14.0. The summed E-state index contributed by atoms with van der Waals surface area (Å²) in [5.74, 6) is 3.18.